The van der Waals surface area contributed by atoms with Gasteiger partial charge < -0.3 is 9.80 Å². The maximum absolute atomic E-state index is 12.4. The minimum atomic E-state index is 0.0972. The fraction of sp³-hybridized carbons (Fsp3) is 0.286. The molecular formula is C28H28N4O2. The third kappa shape index (κ3) is 4.00. The first-order valence-electron chi connectivity index (χ1n) is 11.8. The standard InChI is InChI=1S/2C14H14N2O/c2*1-2-10-7-11-8-15-13-6-4-3-5-12(13)14(17)16(11)9-10/h2*2-6,8,11H,7,9H2,1H3/b10-2+;10-2-/t2*11-/m00/s1. The molecule has 0 aliphatic carbocycles. The molecule has 0 spiro atoms. The lowest BCUT2D eigenvalue weighted by molar-refractivity contribution is 0.0770. The predicted octanol–water partition coefficient (Wildman–Crippen LogP) is 5.13. The van der Waals surface area contributed by atoms with Crippen LogP contribution in [-0.4, -0.2) is 59.2 Å². The van der Waals surface area contributed by atoms with Gasteiger partial charge in [-0.15, -0.1) is 0 Å². The number of aliphatic imine (C=N–C) groups is 2. The molecule has 0 unspecified atom stereocenters. The molecule has 34 heavy (non-hydrogen) atoms. The molecular weight excluding hydrogens is 424 g/mol. The van der Waals surface area contributed by atoms with Gasteiger partial charge in [0.25, 0.3) is 11.8 Å². The zero-order valence-electron chi connectivity index (χ0n) is 19.5. The number of fused-ring (bicyclic) bond motifs is 4. The van der Waals surface area contributed by atoms with E-state index in [1.54, 1.807) is 0 Å². The monoisotopic (exact) mass is 452 g/mol. The lowest BCUT2D eigenvalue weighted by atomic mass is 10.1. The number of amides is 2. The highest BCUT2D eigenvalue weighted by molar-refractivity contribution is 6.03. The highest BCUT2D eigenvalue weighted by Gasteiger charge is 2.34. The van der Waals surface area contributed by atoms with Gasteiger partial charge >= 0.3 is 0 Å². The van der Waals surface area contributed by atoms with Crippen LogP contribution in [0.15, 0.2) is 81.8 Å². The fourth-order valence-corrected chi connectivity index (χ4v) is 4.86. The van der Waals surface area contributed by atoms with E-state index < -0.39 is 0 Å². The molecule has 4 aliphatic heterocycles. The highest BCUT2D eigenvalue weighted by atomic mass is 16.2. The Bertz CT molecular complexity index is 1160. The summed E-state index contributed by atoms with van der Waals surface area (Å²) in [5.41, 5.74) is 5.62. The van der Waals surface area contributed by atoms with Crippen LogP contribution in [0, 0.1) is 0 Å². The Hall–Kier alpha value is -3.80. The summed E-state index contributed by atoms with van der Waals surface area (Å²) in [5.74, 6) is 0.194. The maximum Gasteiger partial charge on any atom is 0.256 e. The van der Waals surface area contributed by atoms with E-state index in [-0.39, 0.29) is 23.9 Å². The summed E-state index contributed by atoms with van der Waals surface area (Å²) in [6, 6.07) is 15.3. The molecule has 4 aliphatic rings. The number of carbonyl (C=O) groups is 2. The number of allylic oxidation sites excluding steroid dienone is 2. The van der Waals surface area contributed by atoms with E-state index >= 15 is 0 Å². The number of rotatable bonds is 0. The van der Waals surface area contributed by atoms with Crippen molar-refractivity contribution < 1.29 is 9.59 Å². The quantitative estimate of drug-likeness (QED) is 0.521. The van der Waals surface area contributed by atoms with Gasteiger partial charge in [-0.25, -0.2) is 0 Å². The van der Waals surface area contributed by atoms with Crippen molar-refractivity contribution in [3.63, 3.8) is 0 Å². The molecule has 0 aromatic heterocycles. The topological polar surface area (TPSA) is 65.3 Å². The second-order valence-corrected chi connectivity index (χ2v) is 8.89. The molecule has 6 rings (SSSR count). The van der Waals surface area contributed by atoms with Gasteiger partial charge in [0.1, 0.15) is 0 Å². The van der Waals surface area contributed by atoms with Crippen molar-refractivity contribution in [1.29, 1.82) is 0 Å². The van der Waals surface area contributed by atoms with Gasteiger partial charge in [0.05, 0.1) is 34.6 Å². The van der Waals surface area contributed by atoms with Gasteiger partial charge in [-0.2, -0.15) is 0 Å². The van der Waals surface area contributed by atoms with Crippen LogP contribution in [0.25, 0.3) is 0 Å². The Morgan fingerprint density at radius 1 is 0.706 bits per heavy atom. The Labute approximate surface area is 200 Å². The van der Waals surface area contributed by atoms with Crippen molar-refractivity contribution in [2.24, 2.45) is 9.98 Å². The number of hydrogen-bond donors (Lipinski definition) is 0. The van der Waals surface area contributed by atoms with Gasteiger partial charge in [-0.1, -0.05) is 47.6 Å². The summed E-state index contributed by atoms with van der Waals surface area (Å²) in [6.07, 6.45) is 9.84. The number of benzene rings is 2. The molecule has 2 amide bonds. The summed E-state index contributed by atoms with van der Waals surface area (Å²) in [6.45, 7) is 5.52. The minimum absolute atomic E-state index is 0.0972. The average Bonchev–Trinajstić information content (AvgIpc) is 3.44. The lowest BCUT2D eigenvalue weighted by Gasteiger charge is -2.19. The van der Waals surface area contributed by atoms with E-state index in [4.69, 9.17) is 0 Å². The molecule has 172 valence electrons. The van der Waals surface area contributed by atoms with Crippen LogP contribution in [-0.2, 0) is 0 Å². The lowest BCUT2D eigenvalue weighted by Crippen LogP contribution is -2.35. The van der Waals surface area contributed by atoms with Crippen LogP contribution in [0.4, 0.5) is 11.4 Å². The van der Waals surface area contributed by atoms with Crippen molar-refractivity contribution in [3.05, 3.63) is 83.0 Å². The molecule has 0 N–H and O–H groups in total. The predicted molar refractivity (Wildman–Crippen MR) is 136 cm³/mol. The Morgan fingerprint density at radius 3 is 1.53 bits per heavy atom. The molecule has 2 atom stereocenters. The molecule has 2 aromatic carbocycles. The molecule has 6 heteroatoms. The summed E-state index contributed by atoms with van der Waals surface area (Å²) in [5, 5.41) is 0. The third-order valence-corrected chi connectivity index (χ3v) is 6.87. The van der Waals surface area contributed by atoms with E-state index in [2.05, 4.69) is 22.1 Å². The van der Waals surface area contributed by atoms with Gasteiger partial charge in [0.2, 0.25) is 0 Å². The number of para-hydroxylation sites is 2. The Balaban J connectivity index is 0.000000142. The van der Waals surface area contributed by atoms with Crippen molar-refractivity contribution in [1.82, 2.24) is 9.80 Å². The maximum atomic E-state index is 12.4. The van der Waals surface area contributed by atoms with E-state index in [0.29, 0.717) is 11.1 Å². The molecule has 0 bridgehead atoms. The summed E-state index contributed by atoms with van der Waals surface area (Å²) < 4.78 is 0. The van der Waals surface area contributed by atoms with Crippen LogP contribution in [0.3, 0.4) is 0 Å². The first kappa shape index (κ1) is 22.0. The van der Waals surface area contributed by atoms with Gasteiger partial charge in [-0.3, -0.25) is 19.6 Å². The largest absolute Gasteiger partial charge is 0.326 e. The molecule has 6 nitrogen and oxygen atoms in total. The van der Waals surface area contributed by atoms with E-state index in [1.165, 1.54) is 11.1 Å². The van der Waals surface area contributed by atoms with E-state index in [0.717, 1.165) is 37.3 Å². The van der Waals surface area contributed by atoms with Crippen LogP contribution in [0.1, 0.15) is 47.4 Å². The van der Waals surface area contributed by atoms with Crippen molar-refractivity contribution in [3.8, 4) is 0 Å². The van der Waals surface area contributed by atoms with Gasteiger partial charge in [0, 0.05) is 25.5 Å². The van der Waals surface area contributed by atoms with Crippen LogP contribution < -0.4 is 0 Å². The summed E-state index contributed by atoms with van der Waals surface area (Å²) in [4.78, 5) is 37.5. The zero-order chi connectivity index (χ0) is 23.7. The Kier molecular flexibility index (Phi) is 5.97. The van der Waals surface area contributed by atoms with Crippen molar-refractivity contribution >= 4 is 35.6 Å². The normalized spacial score (nSPS) is 24.8. The van der Waals surface area contributed by atoms with Crippen LogP contribution >= 0.6 is 0 Å². The summed E-state index contributed by atoms with van der Waals surface area (Å²) in [7, 11) is 0. The molecule has 0 radical (unpaired) electrons. The van der Waals surface area contributed by atoms with Crippen LogP contribution in [0.5, 0.6) is 0 Å². The average molecular weight is 453 g/mol. The summed E-state index contributed by atoms with van der Waals surface area (Å²) >= 11 is 0. The van der Waals surface area contributed by atoms with Crippen LogP contribution in [0.2, 0.25) is 0 Å². The molecule has 2 saturated heterocycles. The molecule has 2 aromatic rings. The second-order valence-electron chi connectivity index (χ2n) is 8.89. The van der Waals surface area contributed by atoms with Crippen molar-refractivity contribution in [2.45, 2.75) is 38.8 Å². The Morgan fingerprint density at radius 2 is 1.12 bits per heavy atom. The van der Waals surface area contributed by atoms with E-state index in [1.807, 2.05) is 84.6 Å². The smallest absolute Gasteiger partial charge is 0.256 e. The molecule has 2 fully saturated rings. The van der Waals surface area contributed by atoms with Gasteiger partial charge in [-0.05, 0) is 51.0 Å². The third-order valence-electron chi connectivity index (χ3n) is 6.87. The first-order valence-corrected chi connectivity index (χ1v) is 11.8. The number of carbonyl (C=O) groups excluding carboxylic acids is 2. The molecule has 0 saturated carbocycles. The highest BCUT2D eigenvalue weighted by Crippen LogP contribution is 2.31. The SMILES string of the molecule is C/C=C1/C[C@H]2C=Nc3ccccc3C(=O)N2C1.C/C=C1\C[C@H]2C=Nc3ccccc3C(=O)N2C1. The number of hydrogen-bond acceptors (Lipinski definition) is 4. The first-order chi connectivity index (χ1) is 16.6. The number of nitrogens with zero attached hydrogens (tertiary/aromatic N) is 4. The molecule has 4 heterocycles. The van der Waals surface area contributed by atoms with Gasteiger partial charge in [0.15, 0.2) is 0 Å². The minimum Gasteiger partial charge on any atom is -0.326 e. The second kappa shape index (κ2) is 9.21. The van der Waals surface area contributed by atoms with E-state index in [9.17, 15) is 9.59 Å². The fourth-order valence-electron chi connectivity index (χ4n) is 4.86. The van der Waals surface area contributed by atoms with Crippen molar-refractivity contribution in [2.75, 3.05) is 13.1 Å². The zero-order valence-corrected chi connectivity index (χ0v) is 19.5.